The molecule has 2 aromatic heterocycles. The molecule has 4 aromatic rings. The fourth-order valence-electron chi connectivity index (χ4n) is 3.00. The monoisotopic (exact) mass is 361 g/mol. The van der Waals surface area contributed by atoms with Gasteiger partial charge < -0.3 is 9.47 Å². The summed E-state index contributed by atoms with van der Waals surface area (Å²) in [5, 5.41) is 2.97. The molecule has 136 valence electrons. The molecular weight excluding hydrogens is 342 g/mol. The second-order valence-corrected chi connectivity index (χ2v) is 6.14. The number of hydrogen-bond acceptors (Lipinski definition) is 4. The van der Waals surface area contributed by atoms with Gasteiger partial charge in [-0.25, -0.2) is 9.50 Å². The molecule has 0 aliphatic heterocycles. The summed E-state index contributed by atoms with van der Waals surface area (Å²) in [6.07, 6.45) is 1.37. The van der Waals surface area contributed by atoms with Gasteiger partial charge in [0.2, 0.25) is 0 Å². The Bertz CT molecular complexity index is 1130. The molecule has 2 heterocycles. The maximum absolute atomic E-state index is 12.5. The highest BCUT2D eigenvalue weighted by Gasteiger charge is 2.16. The van der Waals surface area contributed by atoms with E-state index in [1.54, 1.807) is 13.3 Å². The SMILES string of the molecule is COc1ccccc1O[C@@H](C)c1cc(=O)n2[nH]cc(-c3ccccc3)c2n1. The van der Waals surface area contributed by atoms with Gasteiger partial charge in [0.05, 0.1) is 12.8 Å². The predicted molar refractivity (Wildman–Crippen MR) is 103 cm³/mol. The molecule has 0 saturated heterocycles. The van der Waals surface area contributed by atoms with Crippen molar-refractivity contribution in [3.05, 3.63) is 82.9 Å². The third-order valence-corrected chi connectivity index (χ3v) is 4.39. The Kier molecular flexibility index (Phi) is 4.38. The summed E-state index contributed by atoms with van der Waals surface area (Å²) in [5.74, 6) is 1.24. The minimum atomic E-state index is -0.419. The summed E-state index contributed by atoms with van der Waals surface area (Å²) in [6, 6.07) is 18.7. The Morgan fingerprint density at radius 2 is 1.74 bits per heavy atom. The van der Waals surface area contributed by atoms with Crippen molar-refractivity contribution in [3.63, 3.8) is 0 Å². The number of methoxy groups -OCH3 is 1. The van der Waals surface area contributed by atoms with Crippen LogP contribution in [0.1, 0.15) is 18.7 Å². The number of benzene rings is 2. The van der Waals surface area contributed by atoms with Gasteiger partial charge in [-0.05, 0) is 24.6 Å². The molecule has 4 rings (SSSR count). The number of H-pyrrole nitrogens is 1. The molecule has 0 unspecified atom stereocenters. The van der Waals surface area contributed by atoms with Crippen LogP contribution in [0.4, 0.5) is 0 Å². The number of ether oxygens (including phenoxy) is 2. The van der Waals surface area contributed by atoms with Crippen LogP contribution in [-0.2, 0) is 0 Å². The lowest BCUT2D eigenvalue weighted by atomic mass is 10.1. The summed E-state index contributed by atoms with van der Waals surface area (Å²) in [4.78, 5) is 17.2. The van der Waals surface area contributed by atoms with Crippen molar-refractivity contribution < 1.29 is 9.47 Å². The second-order valence-electron chi connectivity index (χ2n) is 6.14. The van der Waals surface area contributed by atoms with Crippen molar-refractivity contribution in [2.75, 3.05) is 7.11 Å². The van der Waals surface area contributed by atoms with Gasteiger partial charge in [-0.1, -0.05) is 42.5 Å². The predicted octanol–water partition coefficient (Wildman–Crippen LogP) is 3.84. The van der Waals surface area contributed by atoms with Crippen LogP contribution in [-0.4, -0.2) is 21.7 Å². The van der Waals surface area contributed by atoms with Crippen LogP contribution < -0.4 is 15.0 Å². The topological polar surface area (TPSA) is 68.6 Å². The maximum Gasteiger partial charge on any atom is 0.273 e. The van der Waals surface area contributed by atoms with E-state index < -0.39 is 6.10 Å². The summed E-state index contributed by atoms with van der Waals surface area (Å²) in [5.41, 5.74) is 2.78. The maximum atomic E-state index is 12.5. The van der Waals surface area contributed by atoms with E-state index >= 15 is 0 Å². The number of hydrogen-bond donors (Lipinski definition) is 1. The van der Waals surface area contributed by atoms with Gasteiger partial charge in [-0.3, -0.25) is 9.89 Å². The van der Waals surface area contributed by atoms with Crippen molar-refractivity contribution >= 4 is 5.65 Å². The highest BCUT2D eigenvalue weighted by atomic mass is 16.5. The van der Waals surface area contributed by atoms with Gasteiger partial charge in [0.1, 0.15) is 6.10 Å². The number of para-hydroxylation sites is 2. The molecule has 1 N–H and O–H groups in total. The van der Waals surface area contributed by atoms with Crippen molar-refractivity contribution in [3.8, 4) is 22.6 Å². The molecule has 0 aliphatic carbocycles. The lowest BCUT2D eigenvalue weighted by molar-refractivity contribution is 0.211. The molecule has 0 fully saturated rings. The Labute approximate surface area is 156 Å². The Hall–Kier alpha value is -3.54. The van der Waals surface area contributed by atoms with Crippen molar-refractivity contribution in [1.82, 2.24) is 14.6 Å². The molecule has 0 bridgehead atoms. The third-order valence-electron chi connectivity index (χ3n) is 4.39. The number of nitrogens with one attached hydrogen (secondary N) is 1. The number of nitrogens with zero attached hydrogens (tertiary/aromatic N) is 2. The van der Waals surface area contributed by atoms with E-state index in [4.69, 9.17) is 9.47 Å². The van der Waals surface area contributed by atoms with E-state index in [9.17, 15) is 4.79 Å². The van der Waals surface area contributed by atoms with Crippen LogP contribution in [0.15, 0.2) is 71.7 Å². The molecule has 2 aromatic carbocycles. The normalized spacial score (nSPS) is 12.1. The number of rotatable bonds is 5. The first-order valence-corrected chi connectivity index (χ1v) is 8.63. The standard InChI is InChI=1S/C21H19N3O3/c1-14(27-19-11-7-6-10-18(19)26-2)17-12-20(25)24-21(23-17)16(13-22-24)15-8-4-3-5-9-15/h3-14,22H,1-2H3/t14-/m0/s1. The lowest BCUT2D eigenvalue weighted by Gasteiger charge is -2.16. The molecule has 6 nitrogen and oxygen atoms in total. The summed E-state index contributed by atoms with van der Waals surface area (Å²) in [7, 11) is 1.59. The van der Waals surface area contributed by atoms with Gasteiger partial charge in [-0.15, -0.1) is 0 Å². The Balaban J connectivity index is 1.75. The number of aromatic amines is 1. The quantitative estimate of drug-likeness (QED) is 0.586. The van der Waals surface area contributed by atoms with E-state index in [0.717, 1.165) is 11.1 Å². The smallest absolute Gasteiger partial charge is 0.273 e. The van der Waals surface area contributed by atoms with E-state index in [2.05, 4.69) is 10.1 Å². The van der Waals surface area contributed by atoms with Gasteiger partial charge in [0, 0.05) is 17.8 Å². The first-order chi connectivity index (χ1) is 13.2. The molecule has 27 heavy (non-hydrogen) atoms. The highest BCUT2D eigenvalue weighted by Crippen LogP contribution is 2.30. The van der Waals surface area contributed by atoms with Crippen LogP contribution in [0.2, 0.25) is 0 Å². The molecule has 6 heteroatoms. The minimum Gasteiger partial charge on any atom is -0.493 e. The zero-order valence-corrected chi connectivity index (χ0v) is 15.0. The second kappa shape index (κ2) is 6.99. The Morgan fingerprint density at radius 1 is 1.04 bits per heavy atom. The Morgan fingerprint density at radius 3 is 2.48 bits per heavy atom. The first-order valence-electron chi connectivity index (χ1n) is 8.63. The molecule has 0 saturated carbocycles. The zero-order valence-electron chi connectivity index (χ0n) is 15.0. The van der Waals surface area contributed by atoms with Crippen molar-refractivity contribution in [2.24, 2.45) is 0 Å². The van der Waals surface area contributed by atoms with Gasteiger partial charge in [0.15, 0.2) is 17.1 Å². The zero-order chi connectivity index (χ0) is 18.8. The van der Waals surface area contributed by atoms with Gasteiger partial charge >= 0.3 is 0 Å². The fourth-order valence-corrected chi connectivity index (χ4v) is 3.00. The highest BCUT2D eigenvalue weighted by molar-refractivity contribution is 5.76. The first kappa shape index (κ1) is 16.9. The molecule has 0 amide bonds. The lowest BCUT2D eigenvalue weighted by Crippen LogP contribution is -2.18. The van der Waals surface area contributed by atoms with E-state index in [-0.39, 0.29) is 5.56 Å². The van der Waals surface area contributed by atoms with Crippen LogP contribution in [0, 0.1) is 0 Å². The molecule has 0 radical (unpaired) electrons. The van der Waals surface area contributed by atoms with Crippen LogP contribution in [0.25, 0.3) is 16.8 Å². The third kappa shape index (κ3) is 3.17. The number of aromatic nitrogens is 3. The average Bonchev–Trinajstić information content (AvgIpc) is 3.13. The van der Waals surface area contributed by atoms with E-state index in [1.165, 1.54) is 10.6 Å². The van der Waals surface area contributed by atoms with Crippen LogP contribution in [0.3, 0.4) is 0 Å². The fraction of sp³-hybridized carbons (Fsp3) is 0.143. The van der Waals surface area contributed by atoms with Crippen LogP contribution in [0.5, 0.6) is 11.5 Å². The summed E-state index contributed by atoms with van der Waals surface area (Å²) < 4.78 is 12.8. The molecule has 0 aliphatic rings. The van der Waals surface area contributed by atoms with Gasteiger partial charge in [-0.2, -0.15) is 0 Å². The van der Waals surface area contributed by atoms with Crippen molar-refractivity contribution in [1.29, 1.82) is 0 Å². The largest absolute Gasteiger partial charge is 0.493 e. The summed E-state index contributed by atoms with van der Waals surface area (Å²) >= 11 is 0. The molecule has 1 atom stereocenters. The number of fused-ring (bicyclic) bond motifs is 1. The van der Waals surface area contributed by atoms with Gasteiger partial charge in [0.25, 0.3) is 5.56 Å². The molecular formula is C21H19N3O3. The summed E-state index contributed by atoms with van der Waals surface area (Å²) in [6.45, 7) is 1.86. The van der Waals surface area contributed by atoms with E-state index in [1.807, 2.05) is 61.5 Å². The molecule has 0 spiro atoms. The van der Waals surface area contributed by atoms with Crippen molar-refractivity contribution in [2.45, 2.75) is 13.0 Å². The minimum absolute atomic E-state index is 0.187. The van der Waals surface area contributed by atoms with E-state index in [0.29, 0.717) is 22.8 Å². The van der Waals surface area contributed by atoms with Crippen LogP contribution >= 0.6 is 0 Å². The average molecular weight is 361 g/mol.